The van der Waals surface area contributed by atoms with E-state index in [1.54, 1.807) is 0 Å². The average Bonchev–Trinajstić information content (AvgIpc) is 3.61. The Hall–Kier alpha value is -2.07. The molecular formula is C31H48N6O4. The largest absolute Gasteiger partial charge is 0.465 e. The highest BCUT2D eigenvalue weighted by Gasteiger charge is 2.54. The molecule has 7 fully saturated rings. The van der Waals surface area contributed by atoms with E-state index in [-0.39, 0.29) is 35.5 Å². The number of hydrogen-bond donors (Lipinski definition) is 1. The summed E-state index contributed by atoms with van der Waals surface area (Å²) in [5, 5.41) is 17.8. The number of aromatic nitrogens is 4. The highest BCUT2D eigenvalue weighted by atomic mass is 16.5. The Morgan fingerprint density at radius 1 is 0.902 bits per heavy atom. The van der Waals surface area contributed by atoms with E-state index >= 15 is 0 Å². The second-order valence-corrected chi connectivity index (χ2v) is 14.4. The Kier molecular flexibility index (Phi) is 7.59. The van der Waals surface area contributed by atoms with Gasteiger partial charge in [-0.2, -0.15) is 4.80 Å². The number of carbonyl (C=O) groups is 2. The lowest BCUT2D eigenvalue weighted by Gasteiger charge is -2.55. The number of likely N-dealkylation sites (tertiary alicyclic amines) is 1. The van der Waals surface area contributed by atoms with E-state index in [0.717, 1.165) is 68.9 Å². The molecule has 6 atom stereocenters. The summed E-state index contributed by atoms with van der Waals surface area (Å²) in [6.45, 7) is 7.06. The lowest BCUT2D eigenvalue weighted by atomic mass is 9.49. The van der Waals surface area contributed by atoms with E-state index in [4.69, 9.17) is 19.7 Å². The minimum atomic E-state index is -0.271. The topological polar surface area (TPSA) is 111 Å². The molecule has 1 aromatic rings. The van der Waals surface area contributed by atoms with Gasteiger partial charge in [-0.25, -0.2) is 0 Å². The third-order valence-electron chi connectivity index (χ3n) is 11.7. The van der Waals surface area contributed by atoms with Gasteiger partial charge in [0.05, 0.1) is 19.3 Å². The van der Waals surface area contributed by atoms with Crippen LogP contribution in [0, 0.1) is 35.5 Å². The van der Waals surface area contributed by atoms with Crippen molar-refractivity contribution < 1.29 is 19.1 Å². The number of rotatable bonds is 8. The molecule has 10 nitrogen and oxygen atoms in total. The molecule has 4 bridgehead atoms. The van der Waals surface area contributed by atoms with Crippen LogP contribution in [0.1, 0.15) is 96.3 Å². The molecule has 1 N–H and O–H groups in total. The fourth-order valence-electron chi connectivity index (χ4n) is 10.3. The second-order valence-electron chi connectivity index (χ2n) is 14.4. The van der Waals surface area contributed by atoms with Gasteiger partial charge in [0, 0.05) is 18.5 Å². The fraction of sp³-hybridized carbons (Fsp3) is 0.903. The van der Waals surface area contributed by atoms with Crippen LogP contribution in [0.2, 0.25) is 0 Å². The Balaban J connectivity index is 1.03. The Labute approximate surface area is 243 Å². The lowest BCUT2D eigenvalue weighted by molar-refractivity contribution is -0.149. The van der Waals surface area contributed by atoms with Gasteiger partial charge in [-0.15, -0.1) is 10.2 Å². The monoisotopic (exact) mass is 568 g/mol. The van der Waals surface area contributed by atoms with E-state index in [9.17, 15) is 9.59 Å². The Morgan fingerprint density at radius 2 is 1.61 bits per heavy atom. The molecule has 0 amide bonds. The number of carbonyl (C=O) groups excluding carboxylic acids is 2. The van der Waals surface area contributed by atoms with Crippen molar-refractivity contribution in [2.24, 2.45) is 35.5 Å². The van der Waals surface area contributed by atoms with E-state index < -0.39 is 0 Å². The van der Waals surface area contributed by atoms with Gasteiger partial charge in [0.25, 0.3) is 0 Å². The first-order chi connectivity index (χ1) is 19.9. The smallest absolute Gasteiger partial charge is 0.323 e. The number of fused-ring (bicyclic) bond motifs is 1. The maximum Gasteiger partial charge on any atom is 0.323 e. The van der Waals surface area contributed by atoms with Gasteiger partial charge < -0.3 is 14.8 Å². The molecule has 2 saturated heterocycles. The van der Waals surface area contributed by atoms with Crippen molar-refractivity contribution >= 4 is 11.9 Å². The highest BCUT2D eigenvalue weighted by Crippen LogP contribution is 2.60. The molecular weight excluding hydrogens is 520 g/mol. The quantitative estimate of drug-likeness (QED) is 0.472. The van der Waals surface area contributed by atoms with E-state index in [2.05, 4.69) is 15.4 Å². The summed E-state index contributed by atoms with van der Waals surface area (Å²) in [7, 11) is 0. The van der Waals surface area contributed by atoms with E-state index in [1.165, 1.54) is 38.5 Å². The van der Waals surface area contributed by atoms with Crippen LogP contribution in [-0.4, -0.2) is 82.0 Å². The zero-order chi connectivity index (χ0) is 28.1. The highest BCUT2D eigenvalue weighted by molar-refractivity contribution is 5.76. The summed E-state index contributed by atoms with van der Waals surface area (Å²) >= 11 is 0. The molecule has 0 spiro atoms. The van der Waals surface area contributed by atoms with Crippen molar-refractivity contribution in [1.82, 2.24) is 30.4 Å². The first-order valence-electron chi connectivity index (χ1n) is 16.5. The molecule has 226 valence electrons. The van der Waals surface area contributed by atoms with Crippen LogP contribution < -0.4 is 5.32 Å². The molecule has 10 heteroatoms. The number of nitrogens with one attached hydrogen (secondary N) is 1. The summed E-state index contributed by atoms with van der Waals surface area (Å²) in [4.78, 5) is 29.7. The van der Waals surface area contributed by atoms with Crippen LogP contribution in [0.15, 0.2) is 0 Å². The summed E-state index contributed by atoms with van der Waals surface area (Å²) in [5.74, 6) is 4.86. The second kappa shape index (κ2) is 11.2. The average molecular weight is 569 g/mol. The number of esters is 2. The SMILES string of the molecule is CCOC(=O)[C@@H]1C[C@H]2C[C@@H](CN3C[C@@H](n4nnc(C56CC7CC(CC(C7)C5)C6)n4)C[C@H]3C(=O)OCC)CC[C@H]2CN1. The number of piperidine rings is 1. The molecule has 5 aliphatic carbocycles. The molecule has 8 rings (SSSR count). The summed E-state index contributed by atoms with van der Waals surface area (Å²) < 4.78 is 10.8. The number of tetrazole rings is 1. The number of nitrogens with zero attached hydrogens (tertiary/aromatic N) is 5. The minimum Gasteiger partial charge on any atom is -0.465 e. The summed E-state index contributed by atoms with van der Waals surface area (Å²) in [6, 6.07) is -0.435. The third-order valence-corrected chi connectivity index (χ3v) is 11.7. The molecule has 0 unspecified atom stereocenters. The van der Waals surface area contributed by atoms with Gasteiger partial charge >= 0.3 is 11.9 Å². The van der Waals surface area contributed by atoms with Crippen molar-refractivity contribution in [3.05, 3.63) is 5.82 Å². The van der Waals surface area contributed by atoms with Crippen LogP contribution in [0.3, 0.4) is 0 Å². The third kappa shape index (κ3) is 5.32. The van der Waals surface area contributed by atoms with Gasteiger partial charge in [-0.1, -0.05) is 0 Å². The van der Waals surface area contributed by atoms with Gasteiger partial charge in [-0.05, 0) is 132 Å². The normalized spacial score (nSPS) is 41.8. The molecule has 0 aromatic carbocycles. The Morgan fingerprint density at radius 3 is 2.32 bits per heavy atom. The first-order valence-corrected chi connectivity index (χ1v) is 16.5. The number of ether oxygens (including phenoxy) is 2. The van der Waals surface area contributed by atoms with E-state index in [0.29, 0.717) is 37.4 Å². The standard InChI is InChI=1S/C31H48N6O4/c1-3-40-28(38)26-11-24-10-19(5-6-23(24)16-32-26)17-36-18-25(12-27(36)29(39)41-4-2)37-34-30(33-35-37)31-13-20-7-21(14-31)9-22(8-20)15-31/h19-27,32H,3-18H2,1-2H3/t19-,20?,21?,22?,23-,24+,25-,26-,27-,31?/m0/s1. The minimum absolute atomic E-state index is 0.0305. The van der Waals surface area contributed by atoms with Crippen molar-refractivity contribution in [2.75, 3.05) is 32.8 Å². The molecule has 5 saturated carbocycles. The van der Waals surface area contributed by atoms with E-state index in [1.807, 2.05) is 18.6 Å². The van der Waals surface area contributed by atoms with Crippen LogP contribution in [-0.2, 0) is 24.5 Å². The van der Waals surface area contributed by atoms with Gasteiger partial charge in [0.1, 0.15) is 12.1 Å². The predicted octanol–water partition coefficient (Wildman–Crippen LogP) is 3.28. The molecule has 2 aliphatic heterocycles. The molecule has 41 heavy (non-hydrogen) atoms. The molecule has 7 aliphatic rings. The van der Waals surface area contributed by atoms with Gasteiger partial charge in [-0.3, -0.25) is 14.5 Å². The van der Waals surface area contributed by atoms with Crippen molar-refractivity contribution in [1.29, 1.82) is 0 Å². The lowest BCUT2D eigenvalue weighted by Crippen LogP contribution is -2.51. The van der Waals surface area contributed by atoms with Gasteiger partial charge in [0.15, 0.2) is 5.82 Å². The maximum atomic E-state index is 13.1. The molecule has 1 aromatic heterocycles. The predicted molar refractivity (Wildman–Crippen MR) is 151 cm³/mol. The maximum absolute atomic E-state index is 13.1. The van der Waals surface area contributed by atoms with Gasteiger partial charge in [0.2, 0.25) is 0 Å². The van der Waals surface area contributed by atoms with Crippen LogP contribution >= 0.6 is 0 Å². The molecule has 3 heterocycles. The van der Waals surface area contributed by atoms with Crippen LogP contribution in [0.25, 0.3) is 0 Å². The first kappa shape index (κ1) is 27.7. The van der Waals surface area contributed by atoms with Crippen molar-refractivity contribution in [2.45, 2.75) is 108 Å². The van der Waals surface area contributed by atoms with Crippen molar-refractivity contribution in [3.8, 4) is 0 Å². The van der Waals surface area contributed by atoms with Crippen LogP contribution in [0.5, 0.6) is 0 Å². The zero-order valence-electron chi connectivity index (χ0n) is 24.9. The Bertz CT molecular complexity index is 1090. The zero-order valence-corrected chi connectivity index (χ0v) is 24.9. The summed E-state index contributed by atoms with van der Waals surface area (Å²) in [6.07, 6.45) is 12.8. The van der Waals surface area contributed by atoms with Crippen molar-refractivity contribution in [3.63, 3.8) is 0 Å². The molecule has 0 radical (unpaired) electrons. The summed E-state index contributed by atoms with van der Waals surface area (Å²) in [5.41, 5.74) is 0.126. The number of hydrogen-bond acceptors (Lipinski definition) is 9. The van der Waals surface area contributed by atoms with Crippen LogP contribution in [0.4, 0.5) is 0 Å². The fourth-order valence-corrected chi connectivity index (χ4v) is 10.3.